The third kappa shape index (κ3) is 4.30. The Kier molecular flexibility index (Phi) is 6.12. The molecule has 0 aliphatic rings. The lowest BCUT2D eigenvalue weighted by molar-refractivity contribution is -0.119. The molecular weight excluding hydrogens is 400 g/mol. The highest BCUT2D eigenvalue weighted by molar-refractivity contribution is 5.94. The molecule has 0 unspecified atom stereocenters. The molecule has 4 rings (SSSR count). The molecule has 2 aromatic carbocycles. The van der Waals surface area contributed by atoms with Gasteiger partial charge >= 0.3 is 0 Å². The molecule has 0 aliphatic carbocycles. The minimum atomic E-state index is -0.260. The number of carbonyl (C=O) groups is 1. The van der Waals surface area contributed by atoms with Crippen LogP contribution in [0, 0.1) is 13.8 Å². The smallest absolute Gasteiger partial charge is 0.275 e. The Balaban J connectivity index is 1.74. The van der Waals surface area contributed by atoms with E-state index >= 15 is 0 Å². The fourth-order valence-corrected chi connectivity index (χ4v) is 3.94. The maximum absolute atomic E-state index is 13.3. The van der Waals surface area contributed by atoms with Crippen molar-refractivity contribution in [2.45, 2.75) is 33.7 Å². The maximum atomic E-state index is 13.3. The van der Waals surface area contributed by atoms with E-state index < -0.39 is 0 Å². The third-order valence-electron chi connectivity index (χ3n) is 5.62. The first-order valence-corrected chi connectivity index (χ1v) is 10.7. The number of hydrogen-bond donors (Lipinski definition) is 0. The van der Waals surface area contributed by atoms with Crippen LogP contribution in [0.1, 0.15) is 29.3 Å². The number of anilines is 1. The first-order chi connectivity index (χ1) is 15.5. The van der Waals surface area contributed by atoms with Gasteiger partial charge in [0.05, 0.1) is 11.1 Å². The number of pyridine rings is 1. The van der Waals surface area contributed by atoms with E-state index in [4.69, 9.17) is 0 Å². The number of benzene rings is 2. The monoisotopic (exact) mass is 426 g/mol. The summed E-state index contributed by atoms with van der Waals surface area (Å²) in [6.45, 7) is 6.31. The number of nitrogens with zero attached hydrogens (tertiary/aromatic N) is 4. The minimum Gasteiger partial charge on any atom is -0.311 e. The van der Waals surface area contributed by atoms with Crippen molar-refractivity contribution >= 4 is 22.4 Å². The Labute approximate surface area is 187 Å². The van der Waals surface area contributed by atoms with Gasteiger partial charge < -0.3 is 4.90 Å². The Morgan fingerprint density at radius 1 is 1.00 bits per heavy atom. The van der Waals surface area contributed by atoms with Crippen molar-refractivity contribution in [2.24, 2.45) is 0 Å². The fourth-order valence-electron chi connectivity index (χ4n) is 3.94. The van der Waals surface area contributed by atoms with Gasteiger partial charge in [0.1, 0.15) is 6.54 Å². The summed E-state index contributed by atoms with van der Waals surface area (Å²) in [6.07, 6.45) is 4.02. The molecule has 2 aromatic heterocycles. The van der Waals surface area contributed by atoms with Crippen LogP contribution in [0.15, 0.2) is 71.8 Å². The Morgan fingerprint density at radius 3 is 2.44 bits per heavy atom. The minimum absolute atomic E-state index is 0.117. The van der Waals surface area contributed by atoms with Crippen LogP contribution >= 0.6 is 0 Å². The number of fused-ring (bicyclic) bond motifs is 1. The van der Waals surface area contributed by atoms with Gasteiger partial charge in [0, 0.05) is 36.4 Å². The molecule has 6 heteroatoms. The van der Waals surface area contributed by atoms with Crippen molar-refractivity contribution in [3.05, 3.63) is 99.7 Å². The molecule has 0 atom stereocenters. The van der Waals surface area contributed by atoms with Crippen molar-refractivity contribution in [2.75, 3.05) is 11.4 Å². The Morgan fingerprint density at radius 2 is 1.72 bits per heavy atom. The van der Waals surface area contributed by atoms with Gasteiger partial charge in [-0.15, -0.1) is 0 Å². The SMILES string of the molecule is CCN(C(=O)Cn1nc(Cc2ccncc2)c2ccccc2c1=O)c1cc(C)ccc1C. The molecule has 0 radical (unpaired) electrons. The molecule has 0 spiro atoms. The van der Waals surface area contributed by atoms with E-state index in [1.54, 1.807) is 23.4 Å². The first kappa shape index (κ1) is 21.4. The number of aryl methyl sites for hydroxylation is 2. The zero-order valence-corrected chi connectivity index (χ0v) is 18.6. The van der Waals surface area contributed by atoms with E-state index in [0.717, 1.165) is 33.5 Å². The van der Waals surface area contributed by atoms with Crippen LogP contribution in [-0.4, -0.2) is 27.2 Å². The van der Waals surface area contributed by atoms with Gasteiger partial charge in [0.2, 0.25) is 5.91 Å². The summed E-state index contributed by atoms with van der Waals surface area (Å²) in [4.78, 5) is 32.2. The number of aromatic nitrogens is 3. The molecule has 32 heavy (non-hydrogen) atoms. The number of rotatable bonds is 6. The van der Waals surface area contributed by atoms with E-state index in [-0.39, 0.29) is 18.0 Å². The second kappa shape index (κ2) is 9.14. The highest BCUT2D eigenvalue weighted by Crippen LogP contribution is 2.22. The van der Waals surface area contributed by atoms with Crippen molar-refractivity contribution in [1.29, 1.82) is 0 Å². The maximum Gasteiger partial charge on any atom is 0.275 e. The zero-order chi connectivity index (χ0) is 22.7. The second-order valence-corrected chi connectivity index (χ2v) is 7.92. The van der Waals surface area contributed by atoms with E-state index in [9.17, 15) is 9.59 Å². The van der Waals surface area contributed by atoms with E-state index in [1.165, 1.54) is 4.68 Å². The molecule has 6 nitrogen and oxygen atoms in total. The third-order valence-corrected chi connectivity index (χ3v) is 5.62. The predicted molar refractivity (Wildman–Crippen MR) is 127 cm³/mol. The molecule has 0 bridgehead atoms. The Bertz CT molecular complexity index is 1330. The average molecular weight is 427 g/mol. The van der Waals surface area contributed by atoms with Crippen molar-refractivity contribution in [3.8, 4) is 0 Å². The van der Waals surface area contributed by atoms with E-state index in [2.05, 4.69) is 10.1 Å². The van der Waals surface area contributed by atoms with Gasteiger partial charge in [-0.3, -0.25) is 14.6 Å². The summed E-state index contributed by atoms with van der Waals surface area (Å²) < 4.78 is 1.30. The number of likely N-dealkylation sites (N-methyl/N-ethyl adjacent to an activating group) is 1. The molecule has 0 fully saturated rings. The Hall–Kier alpha value is -3.80. The lowest BCUT2D eigenvalue weighted by Gasteiger charge is -2.24. The largest absolute Gasteiger partial charge is 0.311 e. The first-order valence-electron chi connectivity index (χ1n) is 10.7. The summed E-state index contributed by atoms with van der Waals surface area (Å²) in [6, 6.07) is 17.3. The van der Waals surface area contributed by atoms with Crippen molar-refractivity contribution < 1.29 is 4.79 Å². The standard InChI is InChI=1S/C26H26N4O2/c1-4-29(24-15-18(2)9-10-19(24)3)25(31)17-30-26(32)22-8-6-5-7-21(22)23(28-30)16-20-11-13-27-14-12-20/h5-15H,4,16-17H2,1-3H3. The van der Waals surface area contributed by atoms with Crippen LogP contribution in [0.25, 0.3) is 10.8 Å². The number of hydrogen-bond acceptors (Lipinski definition) is 4. The summed E-state index contributed by atoms with van der Waals surface area (Å²) in [5.74, 6) is -0.166. The molecule has 2 heterocycles. The van der Waals surface area contributed by atoms with Crippen molar-refractivity contribution in [1.82, 2.24) is 14.8 Å². The summed E-state index contributed by atoms with van der Waals surface area (Å²) >= 11 is 0. The number of amides is 1. The molecule has 0 N–H and O–H groups in total. The number of carbonyl (C=O) groups excluding carboxylic acids is 1. The summed E-state index contributed by atoms with van der Waals surface area (Å²) in [7, 11) is 0. The summed E-state index contributed by atoms with van der Waals surface area (Å²) in [5.41, 5.74) is 4.50. The molecule has 0 saturated heterocycles. The van der Waals surface area contributed by atoms with Crippen LogP contribution in [0.3, 0.4) is 0 Å². The van der Waals surface area contributed by atoms with Crippen LogP contribution in [-0.2, 0) is 17.8 Å². The van der Waals surface area contributed by atoms with Gasteiger partial charge in [-0.1, -0.05) is 30.3 Å². The molecule has 4 aromatic rings. The highest BCUT2D eigenvalue weighted by atomic mass is 16.2. The lowest BCUT2D eigenvalue weighted by atomic mass is 10.1. The molecule has 1 amide bonds. The van der Waals surface area contributed by atoms with Crippen molar-refractivity contribution in [3.63, 3.8) is 0 Å². The predicted octanol–water partition coefficient (Wildman–Crippen LogP) is 4.05. The summed E-state index contributed by atoms with van der Waals surface area (Å²) in [5, 5.41) is 5.99. The molecule has 0 aliphatic heterocycles. The van der Waals surface area contributed by atoms with Gasteiger partial charge in [-0.05, 0) is 61.7 Å². The molecule has 162 valence electrons. The van der Waals surface area contributed by atoms with Crippen LogP contribution in [0.5, 0.6) is 0 Å². The molecular formula is C26H26N4O2. The van der Waals surface area contributed by atoms with E-state index in [0.29, 0.717) is 18.4 Å². The molecule has 0 saturated carbocycles. The van der Waals surface area contributed by atoms with Gasteiger partial charge in [-0.2, -0.15) is 5.10 Å². The fraction of sp³-hybridized carbons (Fsp3) is 0.231. The van der Waals surface area contributed by atoms with E-state index in [1.807, 2.05) is 69.3 Å². The topological polar surface area (TPSA) is 68.1 Å². The lowest BCUT2D eigenvalue weighted by Crippen LogP contribution is -2.38. The highest BCUT2D eigenvalue weighted by Gasteiger charge is 2.19. The van der Waals surface area contributed by atoms with Crippen LogP contribution in [0.2, 0.25) is 0 Å². The second-order valence-electron chi connectivity index (χ2n) is 7.92. The van der Waals surface area contributed by atoms with Gasteiger partial charge in [-0.25, -0.2) is 4.68 Å². The zero-order valence-electron chi connectivity index (χ0n) is 18.6. The van der Waals surface area contributed by atoms with Gasteiger partial charge in [0.25, 0.3) is 5.56 Å². The average Bonchev–Trinajstić information content (AvgIpc) is 2.80. The van der Waals surface area contributed by atoms with Gasteiger partial charge in [0.15, 0.2) is 0 Å². The normalized spacial score (nSPS) is 11.0. The quantitative estimate of drug-likeness (QED) is 0.466. The van der Waals surface area contributed by atoms with Crippen LogP contribution < -0.4 is 10.5 Å². The van der Waals surface area contributed by atoms with Crippen LogP contribution in [0.4, 0.5) is 5.69 Å².